The molecule has 1 aliphatic rings. The molecule has 0 bridgehead atoms. The number of para-hydroxylation sites is 2. The number of aromatic nitrogens is 2. The Kier molecular flexibility index (Phi) is 4.85. The van der Waals surface area contributed by atoms with Gasteiger partial charge in [0.25, 0.3) is 21.8 Å². The van der Waals surface area contributed by atoms with Crippen molar-refractivity contribution in [2.75, 3.05) is 5.32 Å². The minimum atomic E-state index is -3.98. The number of benzene rings is 2. The molecule has 156 valence electrons. The third-order valence-electron chi connectivity index (χ3n) is 5.01. The van der Waals surface area contributed by atoms with E-state index in [-0.39, 0.29) is 16.0 Å². The first-order valence-corrected chi connectivity index (χ1v) is 11.2. The summed E-state index contributed by atoms with van der Waals surface area (Å²) in [5, 5.41) is 2.78. The minimum Gasteiger partial charge on any atom is -0.310 e. The number of anilines is 1. The van der Waals surface area contributed by atoms with Crippen molar-refractivity contribution in [1.29, 1.82) is 0 Å². The summed E-state index contributed by atoms with van der Waals surface area (Å²) in [6.07, 6.45) is 0.855. The van der Waals surface area contributed by atoms with Gasteiger partial charge in [0.1, 0.15) is 4.90 Å². The molecule has 0 aliphatic carbocycles. The first kappa shape index (κ1) is 20.1. The molecule has 1 N–H and O–H groups in total. The van der Waals surface area contributed by atoms with Gasteiger partial charge in [-0.3, -0.25) is 14.9 Å². The smallest absolute Gasteiger partial charge is 0.269 e. The summed E-state index contributed by atoms with van der Waals surface area (Å²) in [4.78, 5) is 29.7. The zero-order chi connectivity index (χ0) is 21.6. The molecule has 1 aliphatic heterocycles. The van der Waals surface area contributed by atoms with Crippen molar-refractivity contribution in [3.8, 4) is 0 Å². The minimum absolute atomic E-state index is 0.0819. The number of rotatable bonds is 5. The average Bonchev–Trinajstić information content (AvgIpc) is 3.14. The van der Waals surface area contributed by atoms with Crippen molar-refractivity contribution in [3.63, 3.8) is 0 Å². The molecule has 0 fully saturated rings. The molecular formula is C21H22N4O4S. The van der Waals surface area contributed by atoms with Gasteiger partial charge in [0, 0.05) is 18.2 Å². The normalized spacial score (nSPS) is 15.1. The van der Waals surface area contributed by atoms with Crippen LogP contribution in [0.4, 0.5) is 5.95 Å². The summed E-state index contributed by atoms with van der Waals surface area (Å²) in [5.74, 6) is -0.668. The number of nitrogens with zero attached hydrogens (tertiary/aromatic N) is 3. The molecule has 2 amide bonds. The Morgan fingerprint density at radius 3 is 2.60 bits per heavy atom. The number of amides is 2. The summed E-state index contributed by atoms with van der Waals surface area (Å²) in [6.45, 7) is 5.97. The molecule has 9 heteroatoms. The number of imidazole rings is 1. The van der Waals surface area contributed by atoms with Gasteiger partial charge >= 0.3 is 0 Å². The number of aryl methyl sites for hydroxylation is 1. The van der Waals surface area contributed by atoms with Crippen LogP contribution >= 0.6 is 0 Å². The van der Waals surface area contributed by atoms with Crippen molar-refractivity contribution >= 4 is 38.8 Å². The molecule has 0 atom stereocenters. The summed E-state index contributed by atoms with van der Waals surface area (Å²) < 4.78 is 28.3. The lowest BCUT2D eigenvalue weighted by Crippen LogP contribution is -2.36. The Hall–Kier alpha value is -3.20. The maximum Gasteiger partial charge on any atom is 0.269 e. The summed E-state index contributed by atoms with van der Waals surface area (Å²) in [6, 6.07) is 11.2. The predicted molar refractivity (Wildman–Crippen MR) is 113 cm³/mol. The van der Waals surface area contributed by atoms with Gasteiger partial charge < -0.3 is 4.57 Å². The largest absolute Gasteiger partial charge is 0.310 e. The maximum absolute atomic E-state index is 12.9. The van der Waals surface area contributed by atoms with Gasteiger partial charge in [-0.15, -0.1) is 0 Å². The second-order valence-electron chi connectivity index (χ2n) is 7.44. The molecule has 3 aromatic rings. The molecular weight excluding hydrogens is 404 g/mol. The van der Waals surface area contributed by atoms with Gasteiger partial charge in [-0.25, -0.2) is 17.7 Å². The van der Waals surface area contributed by atoms with Gasteiger partial charge in [0.05, 0.1) is 16.6 Å². The Morgan fingerprint density at radius 1 is 1.17 bits per heavy atom. The van der Waals surface area contributed by atoms with Gasteiger partial charge in [0.15, 0.2) is 0 Å². The second kappa shape index (κ2) is 7.24. The third-order valence-corrected chi connectivity index (χ3v) is 7.01. The van der Waals surface area contributed by atoms with E-state index in [0.29, 0.717) is 12.5 Å². The quantitative estimate of drug-likeness (QED) is 0.675. The van der Waals surface area contributed by atoms with E-state index in [1.165, 1.54) is 18.2 Å². The lowest BCUT2D eigenvalue weighted by molar-refractivity contribution is 0.0846. The van der Waals surface area contributed by atoms with Crippen LogP contribution in [-0.2, 0) is 16.6 Å². The molecule has 1 aromatic heterocycles. The highest BCUT2D eigenvalue weighted by Crippen LogP contribution is 2.32. The van der Waals surface area contributed by atoms with Crippen molar-refractivity contribution in [1.82, 2.24) is 13.9 Å². The van der Waals surface area contributed by atoms with Gasteiger partial charge in [-0.1, -0.05) is 19.1 Å². The standard InChI is InChI=1S/C21H22N4O4S/c1-4-11-24-17-8-6-5-7-16(17)22-21(24)23-19(26)14-9-10-15-18(12-14)30(28,29)25(13(2)3)20(15)27/h5-10,12-13H,4,11H2,1-3H3,(H,22,23,26). The first-order chi connectivity index (χ1) is 14.3. The molecule has 0 spiro atoms. The number of hydrogen-bond acceptors (Lipinski definition) is 5. The lowest BCUT2D eigenvalue weighted by Gasteiger charge is -2.18. The fourth-order valence-electron chi connectivity index (χ4n) is 3.69. The molecule has 2 heterocycles. The molecule has 4 rings (SSSR count). The van der Waals surface area contributed by atoms with Crippen LogP contribution < -0.4 is 5.32 Å². The molecule has 0 saturated carbocycles. The average molecular weight is 426 g/mol. The van der Waals surface area contributed by atoms with Gasteiger partial charge in [0.2, 0.25) is 5.95 Å². The van der Waals surface area contributed by atoms with Crippen molar-refractivity contribution in [2.24, 2.45) is 0 Å². The highest BCUT2D eigenvalue weighted by atomic mass is 32.2. The second-order valence-corrected chi connectivity index (χ2v) is 9.22. The zero-order valence-corrected chi connectivity index (χ0v) is 17.7. The zero-order valence-electron chi connectivity index (χ0n) is 16.9. The van der Waals surface area contributed by atoms with Crippen molar-refractivity contribution in [2.45, 2.75) is 44.7 Å². The number of sulfonamides is 1. The Morgan fingerprint density at radius 2 is 1.90 bits per heavy atom. The fourth-order valence-corrected chi connectivity index (χ4v) is 5.49. The molecule has 30 heavy (non-hydrogen) atoms. The van der Waals surface area contributed by atoms with Crippen LogP contribution in [0.5, 0.6) is 0 Å². The van der Waals surface area contributed by atoms with Gasteiger partial charge in [-0.05, 0) is 50.6 Å². The van der Waals surface area contributed by atoms with Crippen LogP contribution in [0.3, 0.4) is 0 Å². The summed E-state index contributed by atoms with van der Waals surface area (Å²) in [7, 11) is -3.98. The Balaban J connectivity index is 1.70. The van der Waals surface area contributed by atoms with Crippen LogP contribution in [0.15, 0.2) is 47.4 Å². The number of carbonyl (C=O) groups excluding carboxylic acids is 2. The SMILES string of the molecule is CCCn1c(NC(=O)c2ccc3c(c2)S(=O)(=O)N(C(C)C)C3=O)nc2ccccc21. The van der Waals surface area contributed by atoms with Crippen molar-refractivity contribution in [3.05, 3.63) is 53.6 Å². The molecule has 0 radical (unpaired) electrons. The third kappa shape index (κ3) is 3.06. The first-order valence-electron chi connectivity index (χ1n) is 9.75. The molecule has 2 aromatic carbocycles. The van der Waals surface area contributed by atoms with E-state index in [1.807, 2.05) is 35.8 Å². The summed E-state index contributed by atoms with van der Waals surface area (Å²) in [5.41, 5.74) is 1.89. The molecule has 0 unspecified atom stereocenters. The Bertz CT molecular complexity index is 1280. The maximum atomic E-state index is 12.9. The van der Waals surface area contributed by atoms with Crippen LogP contribution in [-0.4, -0.2) is 40.1 Å². The number of carbonyl (C=O) groups is 2. The number of fused-ring (bicyclic) bond motifs is 2. The van der Waals surface area contributed by atoms with E-state index in [1.54, 1.807) is 13.8 Å². The Labute approximate surface area is 174 Å². The number of nitrogens with one attached hydrogen (secondary N) is 1. The van der Waals surface area contributed by atoms with E-state index >= 15 is 0 Å². The van der Waals surface area contributed by atoms with E-state index in [0.717, 1.165) is 21.8 Å². The molecule has 0 saturated heterocycles. The topological polar surface area (TPSA) is 101 Å². The van der Waals surface area contributed by atoms with E-state index in [2.05, 4.69) is 10.3 Å². The van der Waals surface area contributed by atoms with Crippen LogP contribution in [0.25, 0.3) is 11.0 Å². The summed E-state index contributed by atoms with van der Waals surface area (Å²) >= 11 is 0. The highest BCUT2D eigenvalue weighted by molar-refractivity contribution is 7.90. The highest BCUT2D eigenvalue weighted by Gasteiger charge is 2.43. The van der Waals surface area contributed by atoms with E-state index in [9.17, 15) is 18.0 Å². The van der Waals surface area contributed by atoms with Crippen LogP contribution in [0.2, 0.25) is 0 Å². The molecule has 8 nitrogen and oxygen atoms in total. The predicted octanol–water partition coefficient (Wildman–Crippen LogP) is 3.25. The van der Waals surface area contributed by atoms with Crippen LogP contribution in [0.1, 0.15) is 47.9 Å². The lowest BCUT2D eigenvalue weighted by atomic mass is 10.1. The van der Waals surface area contributed by atoms with E-state index in [4.69, 9.17) is 0 Å². The number of hydrogen-bond donors (Lipinski definition) is 1. The fraction of sp³-hybridized carbons (Fsp3) is 0.286. The van der Waals surface area contributed by atoms with Crippen LogP contribution in [0, 0.1) is 0 Å². The van der Waals surface area contributed by atoms with Crippen molar-refractivity contribution < 1.29 is 18.0 Å². The monoisotopic (exact) mass is 426 g/mol. The van der Waals surface area contributed by atoms with Gasteiger partial charge in [-0.2, -0.15) is 0 Å². The van der Waals surface area contributed by atoms with E-state index < -0.39 is 27.9 Å².